The highest BCUT2D eigenvalue weighted by molar-refractivity contribution is 7.99. The number of thioether (sulfide) groups is 1. The Morgan fingerprint density at radius 2 is 2.21 bits per heavy atom. The molecule has 1 aromatic heterocycles. The highest BCUT2D eigenvalue weighted by Gasteiger charge is 2.24. The van der Waals surface area contributed by atoms with Gasteiger partial charge in [-0.15, -0.1) is 10.2 Å². The van der Waals surface area contributed by atoms with Crippen molar-refractivity contribution in [2.45, 2.75) is 42.8 Å². The molecular weight excluding hydrogens is 281 g/mol. The first-order chi connectivity index (χ1) is 9.06. The lowest BCUT2D eigenvalue weighted by atomic mass is 10.2. The second-order valence-corrected chi connectivity index (χ2v) is 5.60. The Kier molecular flexibility index (Phi) is 4.87. The average Bonchev–Trinajstić information content (AvgIpc) is 2.97. The van der Waals surface area contributed by atoms with E-state index >= 15 is 0 Å². The van der Waals surface area contributed by atoms with Crippen LogP contribution in [0.5, 0.6) is 0 Å². The second kappa shape index (κ2) is 6.42. The van der Waals surface area contributed by atoms with E-state index in [9.17, 15) is 13.2 Å². The summed E-state index contributed by atoms with van der Waals surface area (Å²) in [5, 5.41) is 7.47. The molecule has 0 bridgehead atoms. The molecule has 0 radical (unpaired) electrons. The van der Waals surface area contributed by atoms with Crippen molar-refractivity contribution >= 4 is 11.8 Å². The van der Waals surface area contributed by atoms with Crippen LogP contribution in [0.2, 0.25) is 0 Å². The molecule has 2 heterocycles. The molecule has 19 heavy (non-hydrogen) atoms. The fraction of sp³-hybridized carbons (Fsp3) is 0.636. The molecular formula is C11H13F3N2O2S. The summed E-state index contributed by atoms with van der Waals surface area (Å²) in [6, 6.07) is 0. The van der Waals surface area contributed by atoms with Crippen LogP contribution in [0.3, 0.4) is 0 Å². The number of hydrogen-bond donors (Lipinski definition) is 0. The Labute approximate surface area is 112 Å². The summed E-state index contributed by atoms with van der Waals surface area (Å²) in [6.07, 6.45) is -1.07. The van der Waals surface area contributed by atoms with E-state index in [1.165, 1.54) is 0 Å². The lowest BCUT2D eigenvalue weighted by molar-refractivity contribution is 0.0860. The molecule has 8 heteroatoms. The van der Waals surface area contributed by atoms with Crippen molar-refractivity contribution in [2.75, 3.05) is 6.61 Å². The number of allylic oxidation sites excluding steroid dienone is 1. The van der Waals surface area contributed by atoms with Gasteiger partial charge in [0.25, 0.3) is 5.22 Å². The molecule has 1 saturated heterocycles. The van der Waals surface area contributed by atoms with Crippen molar-refractivity contribution in [1.29, 1.82) is 0 Å². The second-order valence-electron chi connectivity index (χ2n) is 4.21. The highest BCUT2D eigenvalue weighted by atomic mass is 32.2. The van der Waals surface area contributed by atoms with Crippen LogP contribution in [0.1, 0.15) is 38.2 Å². The zero-order chi connectivity index (χ0) is 13.8. The number of rotatable bonds is 5. The summed E-state index contributed by atoms with van der Waals surface area (Å²) in [5.41, 5.74) is 0. The largest absolute Gasteiger partial charge is 0.413 e. The SMILES string of the molecule is CC(CC(F)=C(F)F)Sc1nnc(C2CCCO2)o1. The third-order valence-corrected chi connectivity index (χ3v) is 3.54. The van der Waals surface area contributed by atoms with Crippen molar-refractivity contribution in [3.63, 3.8) is 0 Å². The number of ether oxygens (including phenoxy) is 1. The first kappa shape index (κ1) is 14.4. The van der Waals surface area contributed by atoms with Crippen molar-refractivity contribution in [1.82, 2.24) is 10.2 Å². The molecule has 1 fully saturated rings. The maximum absolute atomic E-state index is 12.8. The van der Waals surface area contributed by atoms with E-state index < -0.39 is 17.2 Å². The predicted molar refractivity (Wildman–Crippen MR) is 62.5 cm³/mol. The Balaban J connectivity index is 1.90. The van der Waals surface area contributed by atoms with Gasteiger partial charge in [-0.1, -0.05) is 18.7 Å². The monoisotopic (exact) mass is 294 g/mol. The predicted octanol–water partition coefficient (Wildman–Crippen LogP) is 3.87. The summed E-state index contributed by atoms with van der Waals surface area (Å²) in [5.74, 6) is -1.02. The van der Waals surface area contributed by atoms with Gasteiger partial charge in [0.15, 0.2) is 5.83 Å². The molecule has 1 aliphatic heterocycles. The zero-order valence-electron chi connectivity index (χ0n) is 10.2. The fourth-order valence-corrected chi connectivity index (χ4v) is 2.51. The van der Waals surface area contributed by atoms with Crippen molar-refractivity contribution < 1.29 is 22.3 Å². The van der Waals surface area contributed by atoms with Crippen molar-refractivity contribution in [2.24, 2.45) is 0 Å². The molecule has 1 aromatic rings. The van der Waals surface area contributed by atoms with Crippen LogP contribution in [0, 0.1) is 0 Å². The first-order valence-corrected chi connectivity index (χ1v) is 6.75. The van der Waals surface area contributed by atoms with E-state index in [2.05, 4.69) is 10.2 Å². The molecule has 2 atom stereocenters. The van der Waals surface area contributed by atoms with Crippen LogP contribution in [0.25, 0.3) is 0 Å². The van der Waals surface area contributed by atoms with Gasteiger partial charge in [-0.05, 0) is 12.8 Å². The van der Waals surface area contributed by atoms with Crippen LogP contribution >= 0.6 is 11.8 Å². The number of aromatic nitrogens is 2. The minimum Gasteiger partial charge on any atom is -0.413 e. The van der Waals surface area contributed by atoms with Gasteiger partial charge >= 0.3 is 6.08 Å². The van der Waals surface area contributed by atoms with Gasteiger partial charge in [0.1, 0.15) is 6.10 Å². The lowest BCUT2D eigenvalue weighted by Gasteiger charge is -2.05. The van der Waals surface area contributed by atoms with Gasteiger partial charge in [0.05, 0.1) is 0 Å². The molecule has 0 spiro atoms. The molecule has 2 unspecified atom stereocenters. The minimum atomic E-state index is -2.28. The normalized spacial score (nSPS) is 20.5. The maximum Gasteiger partial charge on any atom is 0.301 e. The van der Waals surface area contributed by atoms with Crippen LogP contribution in [-0.4, -0.2) is 22.1 Å². The molecule has 0 N–H and O–H groups in total. The smallest absolute Gasteiger partial charge is 0.301 e. The van der Waals surface area contributed by atoms with Crippen molar-refractivity contribution in [3.8, 4) is 0 Å². The van der Waals surface area contributed by atoms with E-state index in [4.69, 9.17) is 9.15 Å². The quantitative estimate of drug-likeness (QED) is 0.771. The topological polar surface area (TPSA) is 48.2 Å². The third kappa shape index (κ3) is 3.97. The maximum atomic E-state index is 12.8. The first-order valence-electron chi connectivity index (χ1n) is 5.87. The van der Waals surface area contributed by atoms with Crippen molar-refractivity contribution in [3.05, 3.63) is 17.8 Å². The lowest BCUT2D eigenvalue weighted by Crippen LogP contribution is -1.97. The van der Waals surface area contributed by atoms with E-state index in [1.54, 1.807) is 6.92 Å². The summed E-state index contributed by atoms with van der Waals surface area (Å²) < 4.78 is 47.4. The summed E-state index contributed by atoms with van der Waals surface area (Å²) in [6.45, 7) is 2.28. The molecule has 0 amide bonds. The standard InChI is InChI=1S/C11H13F3N2O2S/c1-6(5-7(12)9(13)14)19-11-16-15-10(18-11)8-3-2-4-17-8/h6,8H,2-5H2,1H3. The molecule has 0 aromatic carbocycles. The van der Waals surface area contributed by atoms with Crippen LogP contribution in [0.4, 0.5) is 13.2 Å². The summed E-state index contributed by atoms with van der Waals surface area (Å²) in [7, 11) is 0. The van der Waals surface area contributed by atoms with Gasteiger partial charge in [-0.3, -0.25) is 0 Å². The molecule has 2 rings (SSSR count). The van der Waals surface area contributed by atoms with E-state index in [-0.39, 0.29) is 17.7 Å². The number of hydrogen-bond acceptors (Lipinski definition) is 5. The van der Waals surface area contributed by atoms with Gasteiger partial charge < -0.3 is 9.15 Å². The van der Waals surface area contributed by atoms with Crippen LogP contribution < -0.4 is 0 Å². The molecule has 0 aliphatic carbocycles. The van der Waals surface area contributed by atoms with Crippen LogP contribution in [0.15, 0.2) is 21.5 Å². The van der Waals surface area contributed by atoms with E-state index in [1.807, 2.05) is 0 Å². The molecule has 106 valence electrons. The summed E-state index contributed by atoms with van der Waals surface area (Å²) in [4.78, 5) is 0. The van der Waals surface area contributed by atoms with Crippen LogP contribution in [-0.2, 0) is 4.74 Å². The average molecular weight is 294 g/mol. The Bertz CT molecular complexity index is 457. The van der Waals surface area contributed by atoms with E-state index in [0.29, 0.717) is 12.5 Å². The number of nitrogens with zero attached hydrogens (tertiary/aromatic N) is 2. The van der Waals surface area contributed by atoms with Gasteiger partial charge in [-0.2, -0.15) is 8.78 Å². The summed E-state index contributed by atoms with van der Waals surface area (Å²) >= 11 is 1.07. The third-order valence-electron chi connectivity index (χ3n) is 2.60. The minimum absolute atomic E-state index is 0.183. The Hall–Kier alpha value is -1.02. The van der Waals surface area contributed by atoms with Gasteiger partial charge in [0, 0.05) is 18.3 Å². The molecule has 4 nitrogen and oxygen atoms in total. The Morgan fingerprint density at radius 1 is 1.42 bits per heavy atom. The van der Waals surface area contributed by atoms with Gasteiger partial charge in [-0.25, -0.2) is 4.39 Å². The zero-order valence-corrected chi connectivity index (χ0v) is 11.1. The van der Waals surface area contributed by atoms with Gasteiger partial charge in [0.2, 0.25) is 5.89 Å². The Morgan fingerprint density at radius 3 is 2.84 bits per heavy atom. The number of halogens is 3. The molecule has 1 aliphatic rings. The fourth-order valence-electron chi connectivity index (χ4n) is 1.71. The molecule has 0 saturated carbocycles. The highest BCUT2D eigenvalue weighted by Crippen LogP contribution is 2.32. The van der Waals surface area contributed by atoms with E-state index in [0.717, 1.165) is 24.6 Å².